The standard InChI is InChI=1S/C21H26N4O3/c1-16(26)24-10-12-25(13-11-24)20-15-18(7-9-22-20)21(27)23-8-6-17-4-3-5-19(14-17)28-2/h3-5,7,9,14-15H,6,8,10-13H2,1-2H3,(H,23,27). The number of methoxy groups -OCH3 is 1. The number of ether oxygens (including phenoxy) is 1. The van der Waals surface area contributed by atoms with E-state index in [0.717, 1.165) is 23.6 Å². The lowest BCUT2D eigenvalue weighted by molar-refractivity contribution is -0.129. The summed E-state index contributed by atoms with van der Waals surface area (Å²) in [4.78, 5) is 32.3. The van der Waals surface area contributed by atoms with E-state index in [2.05, 4.69) is 15.2 Å². The van der Waals surface area contributed by atoms with Gasteiger partial charge in [0, 0.05) is 51.4 Å². The molecule has 1 fully saturated rings. The van der Waals surface area contributed by atoms with Crippen molar-refractivity contribution in [1.29, 1.82) is 0 Å². The summed E-state index contributed by atoms with van der Waals surface area (Å²) in [7, 11) is 1.64. The minimum atomic E-state index is -0.117. The highest BCUT2D eigenvalue weighted by molar-refractivity contribution is 5.94. The maximum absolute atomic E-state index is 12.5. The van der Waals surface area contributed by atoms with Crippen molar-refractivity contribution in [2.45, 2.75) is 13.3 Å². The molecule has 0 spiro atoms. The number of benzene rings is 1. The highest BCUT2D eigenvalue weighted by Gasteiger charge is 2.20. The van der Waals surface area contributed by atoms with E-state index in [-0.39, 0.29) is 11.8 Å². The van der Waals surface area contributed by atoms with Crippen molar-refractivity contribution < 1.29 is 14.3 Å². The van der Waals surface area contributed by atoms with Crippen molar-refractivity contribution in [3.63, 3.8) is 0 Å². The fourth-order valence-electron chi connectivity index (χ4n) is 3.23. The van der Waals surface area contributed by atoms with Crippen LogP contribution in [0.15, 0.2) is 42.6 Å². The average Bonchev–Trinajstić information content (AvgIpc) is 2.74. The highest BCUT2D eigenvalue weighted by Crippen LogP contribution is 2.16. The number of nitrogens with zero attached hydrogens (tertiary/aromatic N) is 3. The van der Waals surface area contributed by atoms with E-state index in [1.54, 1.807) is 26.3 Å². The third-order valence-corrected chi connectivity index (χ3v) is 4.89. The molecule has 2 aromatic rings. The number of anilines is 1. The predicted octanol–water partition coefficient (Wildman–Crippen LogP) is 1.73. The summed E-state index contributed by atoms with van der Waals surface area (Å²) < 4.78 is 5.22. The molecule has 28 heavy (non-hydrogen) atoms. The van der Waals surface area contributed by atoms with Gasteiger partial charge in [0.15, 0.2) is 0 Å². The van der Waals surface area contributed by atoms with Crippen LogP contribution >= 0.6 is 0 Å². The summed E-state index contributed by atoms with van der Waals surface area (Å²) >= 11 is 0. The van der Waals surface area contributed by atoms with Crippen LogP contribution in [0.4, 0.5) is 5.82 Å². The van der Waals surface area contributed by atoms with E-state index >= 15 is 0 Å². The third-order valence-electron chi connectivity index (χ3n) is 4.89. The van der Waals surface area contributed by atoms with Crippen molar-refractivity contribution in [2.24, 2.45) is 0 Å². The second kappa shape index (κ2) is 9.21. The number of hydrogen-bond donors (Lipinski definition) is 1. The lowest BCUT2D eigenvalue weighted by Crippen LogP contribution is -2.48. The van der Waals surface area contributed by atoms with E-state index in [1.807, 2.05) is 35.2 Å². The van der Waals surface area contributed by atoms with Gasteiger partial charge in [-0.3, -0.25) is 9.59 Å². The zero-order valence-corrected chi connectivity index (χ0v) is 16.4. The van der Waals surface area contributed by atoms with Gasteiger partial charge in [0.25, 0.3) is 5.91 Å². The average molecular weight is 382 g/mol. The molecule has 1 aromatic heterocycles. The summed E-state index contributed by atoms with van der Waals surface area (Å²) in [5, 5.41) is 2.96. The van der Waals surface area contributed by atoms with Gasteiger partial charge in [0.1, 0.15) is 11.6 Å². The number of rotatable bonds is 6. The Balaban J connectivity index is 1.54. The lowest BCUT2D eigenvalue weighted by Gasteiger charge is -2.35. The Bertz CT molecular complexity index is 832. The largest absolute Gasteiger partial charge is 0.497 e. The molecule has 3 rings (SSSR count). The van der Waals surface area contributed by atoms with Crippen molar-refractivity contribution >= 4 is 17.6 Å². The number of piperazine rings is 1. The van der Waals surface area contributed by atoms with Gasteiger partial charge >= 0.3 is 0 Å². The first-order chi connectivity index (χ1) is 13.6. The molecular formula is C21H26N4O3. The van der Waals surface area contributed by atoms with Crippen molar-refractivity contribution in [2.75, 3.05) is 44.7 Å². The Labute approximate surface area is 165 Å². The predicted molar refractivity (Wildman–Crippen MR) is 108 cm³/mol. The molecule has 7 heteroatoms. The van der Waals surface area contributed by atoms with Gasteiger partial charge in [-0.1, -0.05) is 12.1 Å². The number of carbonyl (C=O) groups excluding carboxylic acids is 2. The Morgan fingerprint density at radius 2 is 1.93 bits per heavy atom. The monoisotopic (exact) mass is 382 g/mol. The fraction of sp³-hybridized carbons (Fsp3) is 0.381. The molecule has 1 N–H and O–H groups in total. The van der Waals surface area contributed by atoms with Crippen LogP contribution in [0, 0.1) is 0 Å². The molecule has 1 aromatic carbocycles. The maximum Gasteiger partial charge on any atom is 0.251 e. The molecule has 0 radical (unpaired) electrons. The van der Waals surface area contributed by atoms with Gasteiger partial charge in [-0.15, -0.1) is 0 Å². The topological polar surface area (TPSA) is 74.8 Å². The van der Waals surface area contributed by atoms with Crippen LogP contribution in [0.3, 0.4) is 0 Å². The zero-order chi connectivity index (χ0) is 19.9. The van der Waals surface area contributed by atoms with Gasteiger partial charge in [-0.05, 0) is 36.2 Å². The van der Waals surface area contributed by atoms with Crippen LogP contribution in [-0.2, 0) is 11.2 Å². The lowest BCUT2D eigenvalue weighted by atomic mass is 10.1. The zero-order valence-electron chi connectivity index (χ0n) is 16.4. The molecule has 0 bridgehead atoms. The Hall–Kier alpha value is -3.09. The minimum absolute atomic E-state index is 0.0942. The van der Waals surface area contributed by atoms with Crippen molar-refractivity contribution in [3.8, 4) is 5.75 Å². The smallest absolute Gasteiger partial charge is 0.251 e. The van der Waals surface area contributed by atoms with Crippen LogP contribution < -0.4 is 15.0 Å². The Morgan fingerprint density at radius 1 is 1.14 bits per heavy atom. The second-order valence-electron chi connectivity index (χ2n) is 6.75. The molecule has 2 heterocycles. The van der Waals surface area contributed by atoms with Gasteiger partial charge in [0.2, 0.25) is 5.91 Å². The first-order valence-corrected chi connectivity index (χ1v) is 9.44. The molecular weight excluding hydrogens is 356 g/mol. The molecule has 7 nitrogen and oxygen atoms in total. The minimum Gasteiger partial charge on any atom is -0.497 e. The van der Waals surface area contributed by atoms with Gasteiger partial charge in [-0.25, -0.2) is 4.98 Å². The quantitative estimate of drug-likeness (QED) is 0.824. The first-order valence-electron chi connectivity index (χ1n) is 9.44. The van der Waals surface area contributed by atoms with Crippen molar-refractivity contribution in [3.05, 3.63) is 53.7 Å². The third kappa shape index (κ3) is 5.00. The number of aromatic nitrogens is 1. The van der Waals surface area contributed by atoms with Crippen molar-refractivity contribution in [1.82, 2.24) is 15.2 Å². The van der Waals surface area contributed by atoms with E-state index < -0.39 is 0 Å². The molecule has 1 aliphatic rings. The normalized spacial score (nSPS) is 13.9. The molecule has 0 aliphatic carbocycles. The van der Waals surface area contributed by atoms with Crippen LogP contribution in [0.25, 0.3) is 0 Å². The number of carbonyl (C=O) groups is 2. The van der Waals surface area contributed by atoms with Gasteiger partial charge in [0.05, 0.1) is 7.11 Å². The summed E-state index contributed by atoms with van der Waals surface area (Å²) in [5.74, 6) is 1.56. The fourth-order valence-corrected chi connectivity index (χ4v) is 3.23. The summed E-state index contributed by atoms with van der Waals surface area (Å²) in [6.45, 7) is 4.91. The highest BCUT2D eigenvalue weighted by atomic mass is 16.5. The summed E-state index contributed by atoms with van der Waals surface area (Å²) in [6, 6.07) is 11.4. The molecule has 1 saturated heterocycles. The number of pyridine rings is 1. The molecule has 0 saturated carbocycles. The Morgan fingerprint density at radius 3 is 2.64 bits per heavy atom. The van der Waals surface area contributed by atoms with Crippen LogP contribution in [0.1, 0.15) is 22.8 Å². The summed E-state index contributed by atoms with van der Waals surface area (Å²) in [5.41, 5.74) is 1.70. The van der Waals surface area contributed by atoms with Crippen LogP contribution in [-0.4, -0.2) is 61.5 Å². The van der Waals surface area contributed by atoms with Gasteiger partial charge in [-0.2, -0.15) is 0 Å². The van der Waals surface area contributed by atoms with Gasteiger partial charge < -0.3 is 19.9 Å². The number of nitrogens with one attached hydrogen (secondary N) is 1. The molecule has 1 aliphatic heterocycles. The Kier molecular flexibility index (Phi) is 6.47. The van der Waals surface area contributed by atoms with Crippen LogP contribution in [0.5, 0.6) is 5.75 Å². The molecule has 0 unspecified atom stereocenters. The van der Waals surface area contributed by atoms with Crippen LogP contribution in [0.2, 0.25) is 0 Å². The number of hydrogen-bond acceptors (Lipinski definition) is 5. The molecule has 2 amide bonds. The number of amides is 2. The van der Waals surface area contributed by atoms with E-state index in [1.165, 1.54) is 0 Å². The van der Waals surface area contributed by atoms with E-state index in [9.17, 15) is 9.59 Å². The maximum atomic E-state index is 12.5. The second-order valence-corrected chi connectivity index (χ2v) is 6.75. The molecule has 148 valence electrons. The van der Waals surface area contributed by atoms with E-state index in [4.69, 9.17) is 4.74 Å². The first kappa shape index (κ1) is 19.7. The summed E-state index contributed by atoms with van der Waals surface area (Å²) in [6.07, 6.45) is 2.39. The van der Waals surface area contributed by atoms with E-state index in [0.29, 0.717) is 38.3 Å². The SMILES string of the molecule is COc1cccc(CCNC(=O)c2ccnc(N3CCN(C(C)=O)CC3)c2)c1. The molecule has 0 atom stereocenters.